The van der Waals surface area contributed by atoms with Crippen molar-refractivity contribution in [2.45, 2.75) is 32.6 Å². The highest BCUT2D eigenvalue weighted by Gasteiger charge is 2.15. The number of carbonyl (C=O) groups excluding carboxylic acids is 1. The maximum atomic E-state index is 11.3. The fourth-order valence-electron chi connectivity index (χ4n) is 2.18. The first-order valence-corrected chi connectivity index (χ1v) is 7.11. The second-order valence-electron chi connectivity index (χ2n) is 4.51. The van der Waals surface area contributed by atoms with E-state index in [9.17, 15) is 4.79 Å². The molecule has 0 N–H and O–H groups in total. The highest BCUT2D eigenvalue weighted by atomic mass is 16.5. The summed E-state index contributed by atoms with van der Waals surface area (Å²) in [6.45, 7) is 2.24. The molecule has 0 fully saturated rings. The van der Waals surface area contributed by atoms with Crippen molar-refractivity contribution >= 4 is 5.97 Å². The van der Waals surface area contributed by atoms with Gasteiger partial charge in [0.25, 0.3) is 0 Å². The number of aryl methyl sites for hydroxylation is 1. The molecule has 0 amide bonds. The second-order valence-corrected chi connectivity index (χ2v) is 4.51. The predicted molar refractivity (Wildman–Crippen MR) is 80.3 cm³/mol. The molecule has 5 heteroatoms. The van der Waals surface area contributed by atoms with E-state index >= 15 is 0 Å². The van der Waals surface area contributed by atoms with Gasteiger partial charge in [0, 0.05) is 6.42 Å². The summed E-state index contributed by atoms with van der Waals surface area (Å²) in [5.74, 6) is 1.79. The van der Waals surface area contributed by atoms with Gasteiger partial charge in [0.05, 0.1) is 27.9 Å². The van der Waals surface area contributed by atoms with E-state index in [2.05, 4.69) is 0 Å². The third-order valence-electron chi connectivity index (χ3n) is 3.17. The molecule has 0 bridgehead atoms. The fraction of sp³-hybridized carbons (Fsp3) is 0.562. The summed E-state index contributed by atoms with van der Waals surface area (Å²) < 4.78 is 20.9. The Hall–Kier alpha value is -1.91. The zero-order valence-corrected chi connectivity index (χ0v) is 13.2. The first-order chi connectivity index (χ1) is 10.2. The number of rotatable bonds is 9. The molecule has 0 heterocycles. The van der Waals surface area contributed by atoms with Crippen LogP contribution in [0.2, 0.25) is 0 Å². The predicted octanol–water partition coefficient (Wildman–Crippen LogP) is 2.99. The number of hydrogen-bond acceptors (Lipinski definition) is 5. The smallest absolute Gasteiger partial charge is 0.305 e. The van der Waals surface area contributed by atoms with Crippen molar-refractivity contribution in [3.05, 3.63) is 17.7 Å². The van der Waals surface area contributed by atoms with Crippen molar-refractivity contribution in [2.75, 3.05) is 27.9 Å². The molecule has 0 aliphatic carbocycles. The van der Waals surface area contributed by atoms with Crippen LogP contribution >= 0.6 is 0 Å². The Balaban J connectivity index is 2.65. The van der Waals surface area contributed by atoms with Gasteiger partial charge in [-0.05, 0) is 37.8 Å². The lowest BCUT2D eigenvalue weighted by Gasteiger charge is -2.15. The van der Waals surface area contributed by atoms with Crippen molar-refractivity contribution in [1.82, 2.24) is 0 Å². The van der Waals surface area contributed by atoms with E-state index in [4.69, 9.17) is 18.9 Å². The summed E-state index contributed by atoms with van der Waals surface area (Å²) in [6, 6.07) is 3.83. The van der Waals surface area contributed by atoms with E-state index in [1.165, 1.54) is 0 Å². The van der Waals surface area contributed by atoms with Crippen molar-refractivity contribution in [3.63, 3.8) is 0 Å². The molecule has 5 nitrogen and oxygen atoms in total. The molecule has 0 saturated carbocycles. The number of esters is 1. The zero-order valence-electron chi connectivity index (χ0n) is 13.2. The first kappa shape index (κ1) is 17.1. The van der Waals surface area contributed by atoms with Crippen molar-refractivity contribution in [2.24, 2.45) is 0 Å². The van der Waals surface area contributed by atoms with E-state index in [0.29, 0.717) is 30.3 Å². The number of unbranched alkanes of at least 4 members (excludes halogenated alkanes) is 1. The minimum atomic E-state index is -0.142. The molecule has 0 aromatic heterocycles. The van der Waals surface area contributed by atoms with Crippen LogP contribution in [0.4, 0.5) is 0 Å². The minimum Gasteiger partial charge on any atom is -0.493 e. The van der Waals surface area contributed by atoms with E-state index in [1.54, 1.807) is 21.3 Å². The largest absolute Gasteiger partial charge is 0.493 e. The molecule has 0 atom stereocenters. The van der Waals surface area contributed by atoms with Gasteiger partial charge in [-0.25, -0.2) is 0 Å². The number of methoxy groups -OCH3 is 3. The van der Waals surface area contributed by atoms with Gasteiger partial charge in [0.2, 0.25) is 5.75 Å². The van der Waals surface area contributed by atoms with Gasteiger partial charge in [-0.15, -0.1) is 0 Å². The van der Waals surface area contributed by atoms with Crippen LogP contribution < -0.4 is 14.2 Å². The average molecular weight is 296 g/mol. The lowest BCUT2D eigenvalue weighted by molar-refractivity contribution is -0.143. The molecule has 0 spiro atoms. The Labute approximate surface area is 126 Å². The SMILES string of the molecule is CCOC(=O)CCCCc1ccc(OC)c(OC)c1OC. The molecule has 1 rings (SSSR count). The molecule has 0 radical (unpaired) electrons. The molecule has 1 aromatic carbocycles. The molecule has 0 saturated heterocycles. The van der Waals surface area contributed by atoms with Crippen molar-refractivity contribution in [1.29, 1.82) is 0 Å². The standard InChI is InChI=1S/C16H24O5/c1-5-21-14(17)9-7-6-8-12-10-11-13(18-2)16(20-4)15(12)19-3/h10-11H,5-9H2,1-4H3. The van der Waals surface area contributed by atoms with E-state index in [0.717, 1.165) is 24.8 Å². The Morgan fingerprint density at radius 1 is 1.00 bits per heavy atom. The van der Waals surface area contributed by atoms with Crippen LogP contribution in [0.25, 0.3) is 0 Å². The molecule has 0 aliphatic heterocycles. The Kier molecular flexibility index (Phi) is 7.43. The summed E-state index contributed by atoms with van der Waals surface area (Å²) >= 11 is 0. The third kappa shape index (κ3) is 4.85. The van der Waals surface area contributed by atoms with Gasteiger partial charge < -0.3 is 18.9 Å². The minimum absolute atomic E-state index is 0.142. The molecular weight excluding hydrogens is 272 g/mol. The van der Waals surface area contributed by atoms with E-state index in [1.807, 2.05) is 19.1 Å². The molecule has 0 unspecified atom stereocenters. The Morgan fingerprint density at radius 2 is 1.71 bits per heavy atom. The van der Waals surface area contributed by atoms with Gasteiger partial charge in [0.1, 0.15) is 0 Å². The van der Waals surface area contributed by atoms with Crippen LogP contribution in [0.5, 0.6) is 17.2 Å². The summed E-state index contributed by atoms with van der Waals surface area (Å²) in [7, 11) is 4.79. The Bertz CT molecular complexity index is 456. The van der Waals surface area contributed by atoms with Crippen LogP contribution in [0.3, 0.4) is 0 Å². The van der Waals surface area contributed by atoms with Crippen molar-refractivity contribution in [3.8, 4) is 17.2 Å². The van der Waals surface area contributed by atoms with Gasteiger partial charge in [-0.1, -0.05) is 6.07 Å². The highest BCUT2D eigenvalue weighted by molar-refractivity contribution is 5.69. The van der Waals surface area contributed by atoms with Crippen LogP contribution in [-0.4, -0.2) is 33.9 Å². The van der Waals surface area contributed by atoms with Crippen LogP contribution in [0.15, 0.2) is 12.1 Å². The Morgan fingerprint density at radius 3 is 2.29 bits per heavy atom. The highest BCUT2D eigenvalue weighted by Crippen LogP contribution is 2.40. The van der Waals surface area contributed by atoms with Gasteiger partial charge in [-0.2, -0.15) is 0 Å². The molecule has 21 heavy (non-hydrogen) atoms. The monoisotopic (exact) mass is 296 g/mol. The summed E-state index contributed by atoms with van der Waals surface area (Å²) in [5.41, 5.74) is 1.04. The lowest BCUT2D eigenvalue weighted by Crippen LogP contribution is -2.04. The second kappa shape index (κ2) is 9.10. The van der Waals surface area contributed by atoms with Crippen LogP contribution in [0.1, 0.15) is 31.7 Å². The summed E-state index contributed by atoms with van der Waals surface area (Å²) in [4.78, 5) is 11.3. The molecule has 0 aliphatic rings. The average Bonchev–Trinajstić information content (AvgIpc) is 2.50. The van der Waals surface area contributed by atoms with Gasteiger partial charge in [0.15, 0.2) is 11.5 Å². The zero-order chi connectivity index (χ0) is 15.7. The summed E-state index contributed by atoms with van der Waals surface area (Å²) in [5, 5.41) is 0. The maximum absolute atomic E-state index is 11.3. The van der Waals surface area contributed by atoms with Crippen molar-refractivity contribution < 1.29 is 23.7 Å². The van der Waals surface area contributed by atoms with Crippen LogP contribution in [0, 0.1) is 0 Å². The third-order valence-corrected chi connectivity index (χ3v) is 3.17. The van der Waals surface area contributed by atoms with E-state index < -0.39 is 0 Å². The molecule has 118 valence electrons. The van der Waals surface area contributed by atoms with Gasteiger partial charge in [-0.3, -0.25) is 4.79 Å². The number of ether oxygens (including phenoxy) is 4. The van der Waals surface area contributed by atoms with E-state index in [-0.39, 0.29) is 5.97 Å². The quantitative estimate of drug-likeness (QED) is 0.518. The molecular formula is C16H24O5. The maximum Gasteiger partial charge on any atom is 0.305 e. The number of carbonyl (C=O) groups is 1. The fourth-order valence-corrected chi connectivity index (χ4v) is 2.18. The topological polar surface area (TPSA) is 54.0 Å². The van der Waals surface area contributed by atoms with Crippen LogP contribution in [-0.2, 0) is 16.0 Å². The molecule has 1 aromatic rings. The normalized spacial score (nSPS) is 10.1. The van der Waals surface area contributed by atoms with Gasteiger partial charge >= 0.3 is 5.97 Å². The lowest BCUT2D eigenvalue weighted by atomic mass is 10.0. The summed E-state index contributed by atoms with van der Waals surface area (Å²) in [6.07, 6.45) is 2.92. The number of hydrogen-bond donors (Lipinski definition) is 0. The first-order valence-electron chi connectivity index (χ1n) is 7.11. The number of benzene rings is 1.